The van der Waals surface area contributed by atoms with Gasteiger partial charge in [0.2, 0.25) is 0 Å². The molecule has 1 atom stereocenters. The van der Waals surface area contributed by atoms with Crippen molar-refractivity contribution in [1.29, 1.82) is 0 Å². The first-order chi connectivity index (χ1) is 9.81. The lowest BCUT2D eigenvalue weighted by Gasteiger charge is -2.23. The lowest BCUT2D eigenvalue weighted by Crippen LogP contribution is -2.46. The molecule has 2 aromatic heterocycles. The van der Waals surface area contributed by atoms with Gasteiger partial charge in [-0.1, -0.05) is 0 Å². The van der Waals surface area contributed by atoms with Crippen LogP contribution in [0.3, 0.4) is 0 Å². The number of urea groups is 1. The largest absolute Gasteiger partial charge is 0.336 e. The van der Waals surface area contributed by atoms with Crippen LogP contribution in [0, 0.1) is 0 Å². The molecule has 1 aliphatic rings. The zero-order valence-electron chi connectivity index (χ0n) is 11.1. The van der Waals surface area contributed by atoms with Crippen LogP contribution in [-0.4, -0.2) is 42.9 Å². The van der Waals surface area contributed by atoms with E-state index in [9.17, 15) is 4.79 Å². The van der Waals surface area contributed by atoms with Gasteiger partial charge in [-0.25, -0.2) is 19.4 Å². The van der Waals surface area contributed by atoms with Gasteiger partial charge in [0.1, 0.15) is 12.2 Å². The second-order valence-electron chi connectivity index (χ2n) is 4.79. The molecule has 2 N–H and O–H groups in total. The number of fused-ring (bicyclic) bond motifs is 1. The van der Waals surface area contributed by atoms with Gasteiger partial charge in [0.25, 0.3) is 0 Å². The fraction of sp³-hybridized carbons (Fsp3) is 0.500. The van der Waals surface area contributed by atoms with Crippen molar-refractivity contribution in [3.63, 3.8) is 0 Å². The van der Waals surface area contributed by atoms with Gasteiger partial charge in [0.05, 0.1) is 18.9 Å². The highest BCUT2D eigenvalue weighted by Crippen LogP contribution is 2.10. The Labute approximate surface area is 116 Å². The molecular formula is C12H17N7O. The number of carbonyl (C=O) groups excluding carboxylic acids is 1. The van der Waals surface area contributed by atoms with Crippen molar-refractivity contribution in [3.8, 4) is 0 Å². The molecule has 8 heteroatoms. The normalized spacial score (nSPS) is 17.5. The molecule has 3 rings (SSSR count). The van der Waals surface area contributed by atoms with Crippen molar-refractivity contribution >= 4 is 6.03 Å². The minimum Gasteiger partial charge on any atom is -0.336 e. The van der Waals surface area contributed by atoms with Crippen LogP contribution in [0.2, 0.25) is 0 Å². The summed E-state index contributed by atoms with van der Waals surface area (Å²) in [7, 11) is 0. The molecular weight excluding hydrogens is 258 g/mol. The third-order valence-corrected chi connectivity index (χ3v) is 3.36. The summed E-state index contributed by atoms with van der Waals surface area (Å²) < 4.78 is 3.77. The third kappa shape index (κ3) is 2.95. The van der Waals surface area contributed by atoms with Crippen LogP contribution in [0.1, 0.15) is 12.2 Å². The molecule has 0 saturated carbocycles. The number of hydrogen-bond donors (Lipinski definition) is 2. The number of aromatic nitrogens is 5. The van der Waals surface area contributed by atoms with E-state index in [1.165, 1.54) is 0 Å². The van der Waals surface area contributed by atoms with E-state index in [0.29, 0.717) is 19.6 Å². The third-order valence-electron chi connectivity index (χ3n) is 3.36. The van der Waals surface area contributed by atoms with Crippen LogP contribution >= 0.6 is 0 Å². The van der Waals surface area contributed by atoms with E-state index in [0.717, 1.165) is 18.7 Å². The molecule has 2 aromatic rings. The van der Waals surface area contributed by atoms with Crippen molar-refractivity contribution < 1.29 is 4.79 Å². The summed E-state index contributed by atoms with van der Waals surface area (Å²) in [4.78, 5) is 19.9. The fourth-order valence-corrected chi connectivity index (χ4v) is 2.31. The lowest BCUT2D eigenvalue weighted by molar-refractivity contribution is 0.231. The summed E-state index contributed by atoms with van der Waals surface area (Å²) in [6.07, 6.45) is 8.62. The van der Waals surface area contributed by atoms with E-state index in [-0.39, 0.29) is 12.1 Å². The van der Waals surface area contributed by atoms with Gasteiger partial charge in [-0.05, 0) is 6.42 Å². The SMILES string of the molecule is O=C(NCCn1ccnc1)NC1CCc2ncnn2C1. The van der Waals surface area contributed by atoms with Gasteiger partial charge in [-0.15, -0.1) is 0 Å². The van der Waals surface area contributed by atoms with Gasteiger partial charge in [-0.2, -0.15) is 5.10 Å². The molecule has 0 bridgehead atoms. The average Bonchev–Trinajstić information content (AvgIpc) is 3.08. The van der Waals surface area contributed by atoms with E-state index in [1.807, 2.05) is 15.4 Å². The van der Waals surface area contributed by atoms with Crippen molar-refractivity contribution in [2.45, 2.75) is 32.0 Å². The molecule has 20 heavy (non-hydrogen) atoms. The topological polar surface area (TPSA) is 89.7 Å². The molecule has 0 aromatic carbocycles. The Balaban J connectivity index is 1.41. The highest BCUT2D eigenvalue weighted by molar-refractivity contribution is 5.74. The number of rotatable bonds is 4. The molecule has 0 fully saturated rings. The van der Waals surface area contributed by atoms with Crippen molar-refractivity contribution in [3.05, 3.63) is 30.9 Å². The van der Waals surface area contributed by atoms with Crippen LogP contribution in [0.4, 0.5) is 4.79 Å². The summed E-state index contributed by atoms with van der Waals surface area (Å²) in [6.45, 7) is 1.97. The van der Waals surface area contributed by atoms with Crippen molar-refractivity contribution in [2.75, 3.05) is 6.54 Å². The Morgan fingerprint density at radius 3 is 3.30 bits per heavy atom. The number of amides is 2. The van der Waals surface area contributed by atoms with Crippen LogP contribution in [0.5, 0.6) is 0 Å². The molecule has 0 aliphatic carbocycles. The molecule has 1 unspecified atom stereocenters. The first kappa shape index (κ1) is 12.6. The van der Waals surface area contributed by atoms with Gasteiger partial charge < -0.3 is 15.2 Å². The van der Waals surface area contributed by atoms with E-state index >= 15 is 0 Å². The number of hydrogen-bond acceptors (Lipinski definition) is 4. The highest BCUT2D eigenvalue weighted by Gasteiger charge is 2.20. The summed E-state index contributed by atoms with van der Waals surface area (Å²) in [5.74, 6) is 0.989. The highest BCUT2D eigenvalue weighted by atomic mass is 16.2. The van der Waals surface area contributed by atoms with E-state index in [2.05, 4.69) is 25.7 Å². The van der Waals surface area contributed by atoms with Gasteiger partial charge in [-0.3, -0.25) is 0 Å². The fourth-order valence-electron chi connectivity index (χ4n) is 2.31. The number of aryl methyl sites for hydroxylation is 1. The van der Waals surface area contributed by atoms with Crippen LogP contribution in [0.15, 0.2) is 25.0 Å². The Hall–Kier alpha value is -2.38. The predicted molar refractivity (Wildman–Crippen MR) is 70.9 cm³/mol. The lowest BCUT2D eigenvalue weighted by atomic mass is 10.1. The summed E-state index contributed by atoms with van der Waals surface area (Å²) in [5.41, 5.74) is 0. The minimum atomic E-state index is -0.140. The first-order valence-corrected chi connectivity index (χ1v) is 6.68. The van der Waals surface area contributed by atoms with E-state index in [4.69, 9.17) is 0 Å². The second kappa shape index (κ2) is 5.72. The number of carbonyl (C=O) groups is 1. The number of nitrogens with one attached hydrogen (secondary N) is 2. The Morgan fingerprint density at radius 2 is 2.45 bits per heavy atom. The smallest absolute Gasteiger partial charge is 0.315 e. The zero-order valence-corrected chi connectivity index (χ0v) is 11.1. The Kier molecular flexibility index (Phi) is 3.62. The summed E-state index contributed by atoms with van der Waals surface area (Å²) >= 11 is 0. The maximum Gasteiger partial charge on any atom is 0.315 e. The van der Waals surface area contributed by atoms with E-state index in [1.54, 1.807) is 18.9 Å². The molecule has 8 nitrogen and oxygen atoms in total. The maximum atomic E-state index is 11.8. The van der Waals surface area contributed by atoms with Gasteiger partial charge in [0, 0.05) is 31.9 Å². The summed E-state index contributed by atoms with van der Waals surface area (Å²) in [5, 5.41) is 9.94. The molecule has 2 amide bonds. The van der Waals surface area contributed by atoms with E-state index < -0.39 is 0 Å². The molecule has 106 valence electrons. The van der Waals surface area contributed by atoms with Gasteiger partial charge >= 0.3 is 6.03 Å². The number of imidazole rings is 1. The quantitative estimate of drug-likeness (QED) is 0.808. The minimum absolute atomic E-state index is 0.109. The predicted octanol–water partition coefficient (Wildman–Crippen LogP) is -0.211. The second-order valence-corrected chi connectivity index (χ2v) is 4.79. The maximum absolute atomic E-state index is 11.8. The molecule has 0 spiro atoms. The van der Waals surface area contributed by atoms with Crippen LogP contribution < -0.4 is 10.6 Å². The zero-order chi connectivity index (χ0) is 13.8. The van der Waals surface area contributed by atoms with Crippen LogP contribution in [0.25, 0.3) is 0 Å². The van der Waals surface area contributed by atoms with Crippen molar-refractivity contribution in [1.82, 2.24) is 34.9 Å². The average molecular weight is 275 g/mol. The first-order valence-electron chi connectivity index (χ1n) is 6.68. The van der Waals surface area contributed by atoms with Crippen LogP contribution in [-0.2, 0) is 19.5 Å². The molecule has 1 aliphatic heterocycles. The monoisotopic (exact) mass is 275 g/mol. The van der Waals surface area contributed by atoms with Gasteiger partial charge in [0.15, 0.2) is 0 Å². The Bertz CT molecular complexity index is 562. The molecule has 0 radical (unpaired) electrons. The summed E-state index contributed by atoms with van der Waals surface area (Å²) in [6, 6.07) is -0.0314. The van der Waals surface area contributed by atoms with Crippen molar-refractivity contribution in [2.24, 2.45) is 0 Å². The Morgan fingerprint density at radius 1 is 1.50 bits per heavy atom. The number of nitrogens with zero attached hydrogens (tertiary/aromatic N) is 5. The molecule has 3 heterocycles. The molecule has 0 saturated heterocycles. The standard InChI is InChI=1S/C12H17N7O/c20-12(14-4-6-18-5-3-13-9-18)17-10-1-2-11-15-8-16-19(11)7-10/h3,5,8-10H,1-2,4,6-7H2,(H2,14,17,20).